The molecule has 0 saturated heterocycles. The first-order valence-electron chi connectivity index (χ1n) is 4.47. The Bertz CT molecular complexity index is 627. The third-order valence-electron chi connectivity index (χ3n) is 2.20. The second-order valence-corrected chi connectivity index (χ2v) is 3.58. The van der Waals surface area contributed by atoms with Gasteiger partial charge in [0, 0.05) is 5.02 Å². The zero-order chi connectivity index (χ0) is 11.0. The molecule has 1 N–H and O–H groups in total. The van der Waals surface area contributed by atoms with E-state index in [1.165, 1.54) is 6.07 Å². The normalized spacial score (nSPS) is 10.8. The van der Waals surface area contributed by atoms with E-state index in [4.69, 9.17) is 11.6 Å². The maximum absolute atomic E-state index is 11.4. The van der Waals surface area contributed by atoms with Crippen LogP contribution in [0.2, 0.25) is 5.02 Å². The van der Waals surface area contributed by atoms with Crippen molar-refractivity contribution in [1.82, 2.24) is 4.98 Å². The Morgan fingerprint density at radius 3 is 2.80 bits per heavy atom. The number of H-pyrrole nitrogens is 1. The third-order valence-corrected chi connectivity index (χ3v) is 2.42. The molecule has 0 spiro atoms. The summed E-state index contributed by atoms with van der Waals surface area (Å²) < 4.78 is 4.42. The Morgan fingerprint density at radius 1 is 1.40 bits per heavy atom. The van der Waals surface area contributed by atoms with Gasteiger partial charge in [-0.15, -0.1) is 0 Å². The van der Waals surface area contributed by atoms with Crippen LogP contribution in [-0.2, 0) is 6.42 Å². The summed E-state index contributed by atoms with van der Waals surface area (Å²) in [6.07, 6.45) is 0.677. The number of fused-ring (bicyclic) bond motifs is 1. The van der Waals surface area contributed by atoms with Crippen molar-refractivity contribution in [3.05, 3.63) is 43.7 Å². The maximum Gasteiger partial charge on any atom is 0.419 e. The van der Waals surface area contributed by atoms with Crippen molar-refractivity contribution in [2.24, 2.45) is 0 Å². The lowest BCUT2D eigenvalue weighted by Gasteiger charge is -2.02. The topological polar surface area (TPSA) is 63.1 Å². The minimum absolute atomic E-state index is 0.305. The highest BCUT2D eigenvalue weighted by molar-refractivity contribution is 6.31. The summed E-state index contributed by atoms with van der Waals surface area (Å²) in [6, 6.07) is 3.21. The number of hydrogen-bond acceptors (Lipinski definition) is 3. The van der Waals surface area contributed by atoms with Gasteiger partial charge in [-0.1, -0.05) is 18.5 Å². The average Bonchev–Trinajstić information content (AvgIpc) is 2.18. The number of aromatic nitrogens is 1. The third kappa shape index (κ3) is 1.68. The first-order valence-corrected chi connectivity index (χ1v) is 4.85. The molecular weight excluding hydrogens is 218 g/mol. The van der Waals surface area contributed by atoms with Gasteiger partial charge in [0.05, 0.1) is 10.9 Å². The van der Waals surface area contributed by atoms with Crippen molar-refractivity contribution in [2.75, 3.05) is 0 Å². The van der Waals surface area contributed by atoms with Gasteiger partial charge in [-0.25, -0.2) is 9.59 Å². The van der Waals surface area contributed by atoms with E-state index < -0.39 is 11.4 Å². The van der Waals surface area contributed by atoms with Gasteiger partial charge in [-0.2, -0.15) is 0 Å². The molecule has 0 aliphatic heterocycles. The van der Waals surface area contributed by atoms with E-state index in [0.717, 1.165) is 5.56 Å². The highest BCUT2D eigenvalue weighted by Gasteiger charge is 2.07. The van der Waals surface area contributed by atoms with Crippen LogP contribution in [0.1, 0.15) is 12.5 Å². The summed E-state index contributed by atoms with van der Waals surface area (Å²) >= 11 is 5.84. The van der Waals surface area contributed by atoms with Crippen LogP contribution in [0.25, 0.3) is 10.9 Å². The van der Waals surface area contributed by atoms with Gasteiger partial charge < -0.3 is 4.42 Å². The van der Waals surface area contributed by atoms with E-state index in [0.29, 0.717) is 22.3 Å². The molecule has 0 atom stereocenters. The minimum Gasteiger partial charge on any atom is -0.372 e. The number of nitrogens with one attached hydrogen (secondary N) is 1. The summed E-state index contributed by atoms with van der Waals surface area (Å²) in [5, 5.41) is 0.762. The lowest BCUT2D eigenvalue weighted by atomic mass is 10.1. The Morgan fingerprint density at radius 2 is 2.13 bits per heavy atom. The Labute approximate surface area is 89.5 Å². The predicted molar refractivity (Wildman–Crippen MR) is 57.5 cm³/mol. The fourth-order valence-corrected chi connectivity index (χ4v) is 1.76. The first kappa shape index (κ1) is 9.98. The molecule has 0 unspecified atom stereocenters. The second kappa shape index (κ2) is 3.55. The average molecular weight is 226 g/mol. The summed E-state index contributed by atoms with van der Waals surface area (Å²) in [4.78, 5) is 24.9. The molecule has 2 aromatic rings. The van der Waals surface area contributed by atoms with Crippen LogP contribution in [0, 0.1) is 0 Å². The summed E-state index contributed by atoms with van der Waals surface area (Å²) in [5.41, 5.74) is 0.664. The summed E-state index contributed by atoms with van der Waals surface area (Å²) in [6.45, 7) is 1.91. The van der Waals surface area contributed by atoms with Crippen molar-refractivity contribution in [3.63, 3.8) is 0 Å². The van der Waals surface area contributed by atoms with Gasteiger partial charge in [0.15, 0.2) is 0 Å². The zero-order valence-electron chi connectivity index (χ0n) is 7.96. The molecule has 1 aromatic heterocycles. The van der Waals surface area contributed by atoms with Gasteiger partial charge >= 0.3 is 11.4 Å². The van der Waals surface area contributed by atoms with Crippen molar-refractivity contribution in [1.29, 1.82) is 0 Å². The fraction of sp³-hybridized carbons (Fsp3) is 0.200. The van der Waals surface area contributed by atoms with Crippen LogP contribution in [-0.4, -0.2) is 4.98 Å². The molecule has 0 aliphatic carbocycles. The lowest BCUT2D eigenvalue weighted by Crippen LogP contribution is -2.15. The van der Waals surface area contributed by atoms with Gasteiger partial charge in [0.2, 0.25) is 0 Å². The molecule has 0 bridgehead atoms. The number of rotatable bonds is 1. The van der Waals surface area contributed by atoms with Crippen molar-refractivity contribution in [2.45, 2.75) is 13.3 Å². The van der Waals surface area contributed by atoms with Crippen LogP contribution in [0.5, 0.6) is 0 Å². The molecule has 15 heavy (non-hydrogen) atoms. The van der Waals surface area contributed by atoms with Crippen LogP contribution >= 0.6 is 11.6 Å². The SMILES string of the molecule is CCc1cc(Cl)cc2c(=O)oc(=O)[nH]c12. The molecular formula is C10H8ClNO3. The molecule has 1 heterocycles. The van der Waals surface area contributed by atoms with E-state index in [-0.39, 0.29) is 0 Å². The Balaban J connectivity index is 3.03. The zero-order valence-corrected chi connectivity index (χ0v) is 8.72. The van der Waals surface area contributed by atoms with E-state index in [2.05, 4.69) is 9.40 Å². The van der Waals surface area contributed by atoms with E-state index in [9.17, 15) is 9.59 Å². The largest absolute Gasteiger partial charge is 0.419 e. The molecule has 4 nitrogen and oxygen atoms in total. The Kier molecular flexibility index (Phi) is 2.36. The second-order valence-electron chi connectivity index (χ2n) is 3.14. The molecule has 0 radical (unpaired) electrons. The number of aromatic amines is 1. The molecule has 78 valence electrons. The molecule has 0 aliphatic rings. The predicted octanol–water partition coefficient (Wildman–Crippen LogP) is 1.70. The van der Waals surface area contributed by atoms with Gasteiger partial charge in [-0.3, -0.25) is 4.98 Å². The van der Waals surface area contributed by atoms with Crippen LogP contribution in [0.15, 0.2) is 26.1 Å². The first-order chi connectivity index (χ1) is 7.11. The van der Waals surface area contributed by atoms with Crippen molar-refractivity contribution >= 4 is 22.5 Å². The fourth-order valence-electron chi connectivity index (χ4n) is 1.52. The molecule has 1 aromatic carbocycles. The van der Waals surface area contributed by atoms with Crippen molar-refractivity contribution in [3.8, 4) is 0 Å². The highest BCUT2D eigenvalue weighted by Crippen LogP contribution is 2.19. The Hall–Kier alpha value is -1.55. The maximum atomic E-state index is 11.4. The van der Waals surface area contributed by atoms with Crippen LogP contribution in [0.3, 0.4) is 0 Å². The molecule has 0 amide bonds. The number of hydrogen-bond donors (Lipinski definition) is 1. The summed E-state index contributed by atoms with van der Waals surface area (Å²) in [5.74, 6) is -0.746. The lowest BCUT2D eigenvalue weighted by molar-refractivity contribution is 0.460. The molecule has 0 fully saturated rings. The standard InChI is InChI=1S/C10H8ClNO3/c1-2-5-3-6(11)4-7-8(5)12-10(14)15-9(7)13/h3-4H,2H2,1H3,(H,12,14). The van der Waals surface area contributed by atoms with Crippen LogP contribution in [0.4, 0.5) is 0 Å². The van der Waals surface area contributed by atoms with E-state index in [1.54, 1.807) is 6.07 Å². The van der Waals surface area contributed by atoms with Crippen molar-refractivity contribution < 1.29 is 4.42 Å². The molecule has 5 heteroatoms. The highest BCUT2D eigenvalue weighted by atomic mass is 35.5. The van der Waals surface area contributed by atoms with Gasteiger partial charge in [0.1, 0.15) is 0 Å². The van der Waals surface area contributed by atoms with E-state index in [1.807, 2.05) is 6.92 Å². The quantitative estimate of drug-likeness (QED) is 0.804. The van der Waals surface area contributed by atoms with E-state index >= 15 is 0 Å². The number of halogens is 1. The number of benzene rings is 1. The number of aryl methyl sites for hydroxylation is 1. The summed E-state index contributed by atoms with van der Waals surface area (Å²) in [7, 11) is 0. The molecule has 2 rings (SSSR count). The van der Waals surface area contributed by atoms with Gasteiger partial charge in [-0.05, 0) is 24.1 Å². The monoisotopic (exact) mass is 225 g/mol. The van der Waals surface area contributed by atoms with Gasteiger partial charge in [0.25, 0.3) is 0 Å². The minimum atomic E-state index is -0.746. The van der Waals surface area contributed by atoms with Crippen LogP contribution < -0.4 is 11.4 Å². The molecule has 0 saturated carbocycles. The smallest absolute Gasteiger partial charge is 0.372 e.